The van der Waals surface area contributed by atoms with Gasteiger partial charge in [-0.05, 0) is 55.5 Å². The predicted molar refractivity (Wildman–Crippen MR) is 107 cm³/mol. The summed E-state index contributed by atoms with van der Waals surface area (Å²) in [5, 5.41) is 11.5. The summed E-state index contributed by atoms with van der Waals surface area (Å²) in [6.07, 6.45) is 0. The van der Waals surface area contributed by atoms with Crippen LogP contribution in [0.5, 0.6) is 0 Å². The van der Waals surface area contributed by atoms with Gasteiger partial charge in [-0.25, -0.2) is 4.98 Å². The smallest absolute Gasteiger partial charge is 0.276 e. The molecule has 0 atom stereocenters. The summed E-state index contributed by atoms with van der Waals surface area (Å²) in [7, 11) is 0. The Kier molecular flexibility index (Phi) is 5.78. The van der Waals surface area contributed by atoms with Crippen molar-refractivity contribution in [3.63, 3.8) is 0 Å². The van der Waals surface area contributed by atoms with E-state index >= 15 is 0 Å². The maximum Gasteiger partial charge on any atom is 0.276 e. The first kappa shape index (κ1) is 18.8. The van der Waals surface area contributed by atoms with Gasteiger partial charge in [-0.2, -0.15) is 5.26 Å². The Bertz CT molecular complexity index is 1020. The number of nitrogens with zero attached hydrogens (tertiary/aromatic N) is 3. The molecule has 1 heterocycles. The summed E-state index contributed by atoms with van der Waals surface area (Å²) >= 11 is 0. The Morgan fingerprint density at radius 2 is 1.64 bits per heavy atom. The van der Waals surface area contributed by atoms with Crippen LogP contribution in [-0.2, 0) is 0 Å². The summed E-state index contributed by atoms with van der Waals surface area (Å²) in [4.78, 5) is 31.2. The molecule has 0 aliphatic carbocycles. The minimum absolute atomic E-state index is 0.138. The van der Waals surface area contributed by atoms with E-state index in [0.29, 0.717) is 17.8 Å². The van der Waals surface area contributed by atoms with Crippen molar-refractivity contribution in [2.75, 3.05) is 16.8 Å². The zero-order chi connectivity index (χ0) is 19.9. The van der Waals surface area contributed by atoms with Gasteiger partial charge in [0.05, 0.1) is 11.6 Å². The van der Waals surface area contributed by atoms with Crippen molar-refractivity contribution in [1.82, 2.24) is 4.98 Å². The minimum Gasteiger partial charge on any atom is -0.321 e. The number of benzene rings is 2. The van der Waals surface area contributed by atoms with Gasteiger partial charge in [-0.1, -0.05) is 24.3 Å². The number of para-hydroxylation sites is 1. The number of carbonyl (C=O) groups excluding carboxylic acids is 2. The predicted octanol–water partition coefficient (Wildman–Crippen LogP) is 3.87. The molecule has 2 amide bonds. The molecule has 0 radical (unpaired) electrons. The molecule has 0 bridgehead atoms. The van der Waals surface area contributed by atoms with Crippen LogP contribution in [-0.4, -0.2) is 23.3 Å². The highest BCUT2D eigenvalue weighted by Crippen LogP contribution is 2.16. The first-order chi connectivity index (χ1) is 13.6. The van der Waals surface area contributed by atoms with E-state index in [-0.39, 0.29) is 17.3 Å². The van der Waals surface area contributed by atoms with Crippen LogP contribution in [0.15, 0.2) is 72.8 Å². The Morgan fingerprint density at radius 3 is 2.29 bits per heavy atom. The normalized spacial score (nSPS) is 10.0. The molecule has 0 saturated carbocycles. The second-order valence-electron chi connectivity index (χ2n) is 5.94. The van der Waals surface area contributed by atoms with Crippen LogP contribution < -0.4 is 10.2 Å². The lowest BCUT2D eigenvalue weighted by Crippen LogP contribution is -2.31. The van der Waals surface area contributed by atoms with Crippen LogP contribution in [0.4, 0.5) is 11.4 Å². The number of anilines is 2. The Morgan fingerprint density at radius 1 is 0.964 bits per heavy atom. The standard InChI is InChI=1S/C22H18N4O2/c1-2-26(18-7-4-3-5-8-18)22(28)20-10-6-9-19(25-20)21(27)24-17-13-11-16(15-23)12-14-17/h3-14H,2H2,1H3,(H,24,27). The quantitative estimate of drug-likeness (QED) is 0.739. The lowest BCUT2D eigenvalue weighted by atomic mass is 10.2. The molecule has 138 valence electrons. The fourth-order valence-electron chi connectivity index (χ4n) is 2.69. The lowest BCUT2D eigenvalue weighted by Gasteiger charge is -2.20. The largest absolute Gasteiger partial charge is 0.321 e. The van der Waals surface area contributed by atoms with E-state index in [2.05, 4.69) is 10.3 Å². The van der Waals surface area contributed by atoms with Gasteiger partial charge in [0.25, 0.3) is 11.8 Å². The fraction of sp³-hybridized carbons (Fsp3) is 0.0909. The number of pyridine rings is 1. The topological polar surface area (TPSA) is 86.1 Å². The van der Waals surface area contributed by atoms with E-state index in [0.717, 1.165) is 5.69 Å². The average molecular weight is 370 g/mol. The van der Waals surface area contributed by atoms with Crippen LogP contribution in [0.1, 0.15) is 33.5 Å². The van der Waals surface area contributed by atoms with Crippen LogP contribution in [0.2, 0.25) is 0 Å². The number of amides is 2. The van der Waals surface area contributed by atoms with Gasteiger partial charge in [0.15, 0.2) is 0 Å². The van der Waals surface area contributed by atoms with E-state index in [1.165, 1.54) is 0 Å². The highest BCUT2D eigenvalue weighted by Gasteiger charge is 2.19. The summed E-state index contributed by atoms with van der Waals surface area (Å²) < 4.78 is 0. The van der Waals surface area contributed by atoms with Gasteiger partial charge in [0.1, 0.15) is 11.4 Å². The zero-order valence-corrected chi connectivity index (χ0v) is 15.3. The van der Waals surface area contributed by atoms with Crippen molar-refractivity contribution < 1.29 is 9.59 Å². The van der Waals surface area contributed by atoms with E-state index < -0.39 is 5.91 Å². The highest BCUT2D eigenvalue weighted by atomic mass is 16.2. The molecule has 6 heteroatoms. The zero-order valence-electron chi connectivity index (χ0n) is 15.3. The molecule has 3 aromatic rings. The van der Waals surface area contributed by atoms with Crippen LogP contribution >= 0.6 is 0 Å². The lowest BCUT2D eigenvalue weighted by molar-refractivity contribution is 0.0983. The molecule has 0 aliphatic rings. The van der Waals surface area contributed by atoms with Crippen molar-refractivity contribution in [2.24, 2.45) is 0 Å². The number of aromatic nitrogens is 1. The molecule has 2 aromatic carbocycles. The van der Waals surface area contributed by atoms with Crippen molar-refractivity contribution >= 4 is 23.2 Å². The first-order valence-electron chi connectivity index (χ1n) is 8.78. The molecule has 6 nitrogen and oxygen atoms in total. The number of hydrogen-bond acceptors (Lipinski definition) is 4. The Labute approximate surface area is 163 Å². The number of nitriles is 1. The van der Waals surface area contributed by atoms with Gasteiger partial charge in [-0.15, -0.1) is 0 Å². The molecular weight excluding hydrogens is 352 g/mol. The van der Waals surface area contributed by atoms with Gasteiger partial charge >= 0.3 is 0 Å². The van der Waals surface area contributed by atoms with Crippen molar-refractivity contribution in [3.05, 3.63) is 89.7 Å². The third-order valence-corrected chi connectivity index (χ3v) is 4.10. The third kappa shape index (κ3) is 4.22. The van der Waals surface area contributed by atoms with E-state index in [1.807, 2.05) is 43.3 Å². The highest BCUT2D eigenvalue weighted by molar-refractivity contribution is 6.07. The molecule has 0 spiro atoms. The second-order valence-corrected chi connectivity index (χ2v) is 5.94. The van der Waals surface area contributed by atoms with Crippen LogP contribution in [0.3, 0.4) is 0 Å². The van der Waals surface area contributed by atoms with E-state index in [4.69, 9.17) is 5.26 Å². The van der Waals surface area contributed by atoms with E-state index in [9.17, 15) is 9.59 Å². The summed E-state index contributed by atoms with van der Waals surface area (Å²) in [6.45, 7) is 2.36. The van der Waals surface area contributed by atoms with Crippen LogP contribution in [0, 0.1) is 11.3 Å². The second kappa shape index (κ2) is 8.60. The maximum atomic E-state index is 12.9. The van der Waals surface area contributed by atoms with Gasteiger partial charge in [0, 0.05) is 17.9 Å². The maximum absolute atomic E-state index is 12.9. The summed E-state index contributed by atoms with van der Waals surface area (Å²) in [6, 6.07) is 22.6. The van der Waals surface area contributed by atoms with Crippen molar-refractivity contribution in [2.45, 2.75) is 6.92 Å². The number of nitrogens with one attached hydrogen (secondary N) is 1. The fourth-order valence-corrected chi connectivity index (χ4v) is 2.69. The van der Waals surface area contributed by atoms with Crippen LogP contribution in [0.25, 0.3) is 0 Å². The van der Waals surface area contributed by atoms with Gasteiger partial charge in [-0.3, -0.25) is 9.59 Å². The third-order valence-electron chi connectivity index (χ3n) is 4.10. The molecule has 0 aliphatic heterocycles. The van der Waals surface area contributed by atoms with Crippen molar-refractivity contribution in [3.8, 4) is 6.07 Å². The summed E-state index contributed by atoms with van der Waals surface area (Å²) in [5.41, 5.74) is 2.15. The summed E-state index contributed by atoms with van der Waals surface area (Å²) in [5.74, 6) is -0.705. The first-order valence-corrected chi connectivity index (χ1v) is 8.78. The van der Waals surface area contributed by atoms with Gasteiger partial charge in [0.2, 0.25) is 0 Å². The molecule has 28 heavy (non-hydrogen) atoms. The molecule has 1 aromatic heterocycles. The Hall–Kier alpha value is -3.98. The number of rotatable bonds is 5. The molecule has 3 rings (SSSR count). The minimum atomic E-state index is -0.429. The molecule has 1 N–H and O–H groups in total. The SMILES string of the molecule is CCN(C(=O)c1cccc(C(=O)Nc2ccc(C#N)cc2)n1)c1ccccc1. The molecule has 0 fully saturated rings. The molecule has 0 unspecified atom stereocenters. The monoisotopic (exact) mass is 370 g/mol. The number of carbonyl (C=O) groups is 2. The molecular formula is C22H18N4O2. The van der Waals surface area contributed by atoms with E-state index in [1.54, 1.807) is 47.4 Å². The average Bonchev–Trinajstić information content (AvgIpc) is 2.75. The van der Waals surface area contributed by atoms with Gasteiger partial charge < -0.3 is 10.2 Å². The molecule has 0 saturated heterocycles. The van der Waals surface area contributed by atoms with Crippen molar-refractivity contribution in [1.29, 1.82) is 5.26 Å². The number of hydrogen-bond donors (Lipinski definition) is 1. The Balaban J connectivity index is 1.79.